The molecule has 0 saturated heterocycles. The Hall–Kier alpha value is -0.780. The van der Waals surface area contributed by atoms with Crippen molar-refractivity contribution >= 4 is 30.1 Å². The molecule has 0 bridgehead atoms. The number of carbonyl (C=O) groups excluding carboxylic acids is 1. The number of nitrogens with two attached hydrogens (primary N) is 1. The molecule has 1 heterocycles. The summed E-state index contributed by atoms with van der Waals surface area (Å²) < 4.78 is 13.7. The number of hydrogen-bond donors (Lipinski definition) is 2. The Kier molecular flexibility index (Phi) is 4.08. The smallest absolute Gasteiger partial charge is 0.240 e. The summed E-state index contributed by atoms with van der Waals surface area (Å²) in [4.78, 5) is 12.6. The van der Waals surface area contributed by atoms with E-state index in [1.54, 1.807) is 6.07 Å². The highest BCUT2D eigenvalue weighted by Crippen LogP contribution is 2.39. The second kappa shape index (κ2) is 5.31. The van der Waals surface area contributed by atoms with Crippen molar-refractivity contribution in [2.75, 3.05) is 5.75 Å². The van der Waals surface area contributed by atoms with Gasteiger partial charge in [-0.15, -0.1) is 24.2 Å². The topological polar surface area (TPSA) is 55.1 Å². The molecule has 3 N–H and O–H groups in total. The number of halogens is 2. The summed E-state index contributed by atoms with van der Waals surface area (Å²) in [5.74, 6) is 0.510. The van der Waals surface area contributed by atoms with E-state index in [-0.39, 0.29) is 30.2 Å². The minimum Gasteiger partial charge on any atom is -0.348 e. The highest BCUT2D eigenvalue weighted by Gasteiger charge is 2.46. The fraction of sp³-hybridized carbons (Fsp3) is 0.462. The van der Waals surface area contributed by atoms with Gasteiger partial charge >= 0.3 is 0 Å². The van der Waals surface area contributed by atoms with Crippen molar-refractivity contribution in [1.29, 1.82) is 0 Å². The second-order valence-corrected chi connectivity index (χ2v) is 6.08. The molecule has 1 amide bonds. The van der Waals surface area contributed by atoms with Gasteiger partial charge in [-0.25, -0.2) is 4.39 Å². The van der Waals surface area contributed by atoms with E-state index in [0.717, 1.165) is 30.6 Å². The average molecular weight is 303 g/mol. The molecule has 1 aromatic carbocycles. The Labute approximate surface area is 121 Å². The lowest BCUT2D eigenvalue weighted by Gasteiger charge is -2.27. The predicted octanol–water partition coefficient (Wildman–Crippen LogP) is 2.39. The quantitative estimate of drug-likeness (QED) is 0.882. The summed E-state index contributed by atoms with van der Waals surface area (Å²) in [7, 11) is 0. The van der Waals surface area contributed by atoms with Gasteiger partial charge in [0, 0.05) is 10.6 Å². The number of thioether (sulfide) groups is 1. The van der Waals surface area contributed by atoms with Crippen molar-refractivity contribution in [3.63, 3.8) is 0 Å². The van der Waals surface area contributed by atoms with Crippen LogP contribution in [-0.4, -0.2) is 17.2 Å². The normalized spacial score (nSPS) is 22.9. The molecule has 19 heavy (non-hydrogen) atoms. The summed E-state index contributed by atoms with van der Waals surface area (Å²) >= 11 is 1.51. The molecule has 3 nitrogen and oxygen atoms in total. The number of benzene rings is 1. The lowest BCUT2D eigenvalue weighted by Crippen LogP contribution is -2.44. The summed E-state index contributed by atoms with van der Waals surface area (Å²) in [6.07, 6.45) is 2.32. The van der Waals surface area contributed by atoms with Crippen molar-refractivity contribution in [2.45, 2.75) is 35.7 Å². The SMILES string of the molecule is Cl.NC1(C(=O)NC2CCSc3c(F)cccc32)CC1. The first-order chi connectivity index (χ1) is 8.60. The first-order valence-electron chi connectivity index (χ1n) is 6.11. The molecule has 2 aliphatic rings. The fourth-order valence-electron chi connectivity index (χ4n) is 2.20. The summed E-state index contributed by atoms with van der Waals surface area (Å²) in [6, 6.07) is 4.92. The molecular weight excluding hydrogens is 287 g/mol. The molecule has 1 aliphatic carbocycles. The van der Waals surface area contributed by atoms with Gasteiger partial charge in [0.05, 0.1) is 11.6 Å². The Morgan fingerprint density at radius 2 is 2.21 bits per heavy atom. The predicted molar refractivity (Wildman–Crippen MR) is 76.0 cm³/mol. The molecule has 3 rings (SSSR count). The molecule has 104 valence electrons. The molecule has 1 aromatic rings. The zero-order valence-corrected chi connectivity index (χ0v) is 12.0. The molecule has 1 aliphatic heterocycles. The van der Waals surface area contributed by atoms with Crippen LogP contribution < -0.4 is 11.1 Å². The molecule has 6 heteroatoms. The summed E-state index contributed by atoms with van der Waals surface area (Å²) in [5, 5.41) is 2.96. The van der Waals surface area contributed by atoms with E-state index in [2.05, 4.69) is 5.32 Å². The van der Waals surface area contributed by atoms with Crippen molar-refractivity contribution < 1.29 is 9.18 Å². The fourth-order valence-corrected chi connectivity index (χ4v) is 3.34. The standard InChI is InChI=1S/C13H15FN2OS.ClH/c14-9-3-1-2-8-10(4-7-18-11(8)9)16-12(17)13(15)5-6-13;/h1-3,10H,4-7,15H2,(H,16,17);1H. The van der Waals surface area contributed by atoms with Gasteiger partial charge in [0.25, 0.3) is 0 Å². The number of amides is 1. The first-order valence-corrected chi connectivity index (χ1v) is 7.10. The van der Waals surface area contributed by atoms with E-state index in [9.17, 15) is 9.18 Å². The van der Waals surface area contributed by atoms with Crippen LogP contribution >= 0.6 is 24.2 Å². The van der Waals surface area contributed by atoms with Crippen LogP contribution in [0.2, 0.25) is 0 Å². The van der Waals surface area contributed by atoms with E-state index in [4.69, 9.17) is 5.73 Å². The highest BCUT2D eigenvalue weighted by molar-refractivity contribution is 7.99. The monoisotopic (exact) mass is 302 g/mol. The minimum absolute atomic E-state index is 0. The van der Waals surface area contributed by atoms with Gasteiger partial charge in [0.1, 0.15) is 5.82 Å². The van der Waals surface area contributed by atoms with Gasteiger partial charge in [0.15, 0.2) is 0 Å². The Morgan fingerprint density at radius 1 is 1.47 bits per heavy atom. The average Bonchev–Trinajstić information content (AvgIpc) is 3.10. The maximum absolute atomic E-state index is 13.7. The maximum Gasteiger partial charge on any atom is 0.240 e. The zero-order chi connectivity index (χ0) is 12.8. The maximum atomic E-state index is 13.7. The molecule has 1 atom stereocenters. The number of fused-ring (bicyclic) bond motifs is 1. The summed E-state index contributed by atoms with van der Waals surface area (Å²) in [6.45, 7) is 0. The molecule has 0 spiro atoms. The minimum atomic E-state index is -0.669. The Morgan fingerprint density at radius 3 is 2.89 bits per heavy atom. The molecular formula is C13H16ClFN2OS. The van der Waals surface area contributed by atoms with Gasteiger partial charge in [-0.05, 0) is 30.9 Å². The third-order valence-corrected chi connectivity index (χ3v) is 4.73. The number of nitrogens with one attached hydrogen (secondary N) is 1. The molecule has 1 saturated carbocycles. The van der Waals surface area contributed by atoms with Gasteiger partial charge in [-0.2, -0.15) is 0 Å². The number of carbonyl (C=O) groups is 1. The van der Waals surface area contributed by atoms with Crippen LogP contribution in [0.5, 0.6) is 0 Å². The van der Waals surface area contributed by atoms with Gasteiger partial charge < -0.3 is 11.1 Å². The largest absolute Gasteiger partial charge is 0.348 e. The van der Waals surface area contributed by atoms with E-state index in [1.165, 1.54) is 17.8 Å². The van der Waals surface area contributed by atoms with Gasteiger partial charge in [-0.3, -0.25) is 4.79 Å². The van der Waals surface area contributed by atoms with E-state index < -0.39 is 5.54 Å². The number of hydrogen-bond acceptors (Lipinski definition) is 3. The first kappa shape index (κ1) is 14.6. The number of rotatable bonds is 2. The molecule has 0 radical (unpaired) electrons. The van der Waals surface area contributed by atoms with E-state index >= 15 is 0 Å². The van der Waals surface area contributed by atoms with Crippen LogP contribution in [-0.2, 0) is 4.79 Å². The molecule has 1 fully saturated rings. The van der Waals surface area contributed by atoms with Crippen molar-refractivity contribution in [3.05, 3.63) is 29.6 Å². The Balaban J connectivity index is 0.00000133. The van der Waals surface area contributed by atoms with Crippen LogP contribution in [0, 0.1) is 5.82 Å². The van der Waals surface area contributed by atoms with Crippen LogP contribution in [0.3, 0.4) is 0 Å². The van der Waals surface area contributed by atoms with Crippen LogP contribution in [0.15, 0.2) is 23.1 Å². The lowest BCUT2D eigenvalue weighted by atomic mass is 10.0. The van der Waals surface area contributed by atoms with E-state index in [1.807, 2.05) is 6.07 Å². The third kappa shape index (κ3) is 2.73. The van der Waals surface area contributed by atoms with E-state index in [0.29, 0.717) is 4.90 Å². The molecule has 1 unspecified atom stereocenters. The second-order valence-electron chi connectivity index (χ2n) is 4.98. The van der Waals surface area contributed by atoms with Crippen molar-refractivity contribution in [2.24, 2.45) is 5.73 Å². The Bertz CT molecular complexity index is 507. The lowest BCUT2D eigenvalue weighted by molar-refractivity contribution is -0.124. The van der Waals surface area contributed by atoms with Crippen molar-refractivity contribution in [3.8, 4) is 0 Å². The highest BCUT2D eigenvalue weighted by atomic mass is 35.5. The van der Waals surface area contributed by atoms with Gasteiger partial charge in [-0.1, -0.05) is 12.1 Å². The zero-order valence-electron chi connectivity index (χ0n) is 10.3. The van der Waals surface area contributed by atoms with Gasteiger partial charge in [0.2, 0.25) is 5.91 Å². The van der Waals surface area contributed by atoms with Crippen LogP contribution in [0.25, 0.3) is 0 Å². The summed E-state index contributed by atoms with van der Waals surface area (Å²) in [5.41, 5.74) is 6.08. The molecule has 0 aromatic heterocycles. The van der Waals surface area contributed by atoms with Crippen molar-refractivity contribution in [1.82, 2.24) is 5.32 Å². The van der Waals surface area contributed by atoms with Crippen LogP contribution in [0.4, 0.5) is 4.39 Å². The van der Waals surface area contributed by atoms with Crippen LogP contribution in [0.1, 0.15) is 30.9 Å². The third-order valence-electron chi connectivity index (χ3n) is 3.57.